The number of carbonyl (C=O) groups is 1. The SMILES string of the molecule is CCOc1c(/C(C)=C/C(=O)N2CC(C)OC(C)C2)cc2c3c(oc2c1C)CCCC3. The first kappa shape index (κ1) is 21.0. The number of aryl methyl sites for hydroxylation is 3. The standard InChI is InChI=1S/C25H33NO4/c1-6-28-24-18(5)25-21(19-9-7-8-10-22(19)30-25)12-20(24)15(2)11-23(27)26-13-16(3)29-17(4)14-26/h11-12,16-17H,6-10,13-14H2,1-5H3/b15-11+. The number of amides is 1. The summed E-state index contributed by atoms with van der Waals surface area (Å²) in [4.78, 5) is 14.9. The van der Waals surface area contributed by atoms with Gasteiger partial charge in [0.2, 0.25) is 5.91 Å². The van der Waals surface area contributed by atoms with Gasteiger partial charge in [0.15, 0.2) is 0 Å². The minimum Gasteiger partial charge on any atom is -0.493 e. The Hall–Kier alpha value is -2.27. The van der Waals surface area contributed by atoms with Crippen molar-refractivity contribution in [1.82, 2.24) is 4.90 Å². The number of carbonyl (C=O) groups excluding carboxylic acids is 1. The quantitative estimate of drug-likeness (QED) is 0.660. The number of hydrogen-bond donors (Lipinski definition) is 0. The second kappa shape index (κ2) is 8.46. The molecule has 4 rings (SSSR count). The molecule has 30 heavy (non-hydrogen) atoms. The van der Waals surface area contributed by atoms with Crippen molar-refractivity contribution in [2.45, 2.75) is 72.5 Å². The summed E-state index contributed by atoms with van der Waals surface area (Å²) < 4.78 is 18.1. The summed E-state index contributed by atoms with van der Waals surface area (Å²) in [6.45, 7) is 11.9. The van der Waals surface area contributed by atoms with Gasteiger partial charge < -0.3 is 18.8 Å². The lowest BCUT2D eigenvalue weighted by Gasteiger charge is -2.34. The third-order valence-electron chi connectivity index (χ3n) is 6.21. The van der Waals surface area contributed by atoms with Crippen LogP contribution in [0.1, 0.15) is 63.0 Å². The van der Waals surface area contributed by atoms with Crippen molar-refractivity contribution in [3.63, 3.8) is 0 Å². The molecule has 2 heterocycles. The minimum atomic E-state index is 0.0314. The Bertz CT molecular complexity index is 977. The number of morpholine rings is 1. The third-order valence-corrected chi connectivity index (χ3v) is 6.21. The average Bonchev–Trinajstić information content (AvgIpc) is 3.08. The van der Waals surface area contributed by atoms with Crippen LogP contribution in [0.3, 0.4) is 0 Å². The fourth-order valence-electron chi connectivity index (χ4n) is 4.87. The summed E-state index contributed by atoms with van der Waals surface area (Å²) >= 11 is 0. The van der Waals surface area contributed by atoms with E-state index < -0.39 is 0 Å². The van der Waals surface area contributed by atoms with Crippen LogP contribution in [0.2, 0.25) is 0 Å². The highest BCUT2D eigenvalue weighted by atomic mass is 16.5. The van der Waals surface area contributed by atoms with E-state index in [4.69, 9.17) is 13.9 Å². The summed E-state index contributed by atoms with van der Waals surface area (Å²) in [5, 5.41) is 1.18. The molecule has 1 aromatic heterocycles. The number of benzene rings is 1. The Kier molecular flexibility index (Phi) is 5.92. The fraction of sp³-hybridized carbons (Fsp3) is 0.560. The van der Waals surface area contributed by atoms with Gasteiger partial charge in [0.25, 0.3) is 0 Å². The van der Waals surface area contributed by atoms with Gasteiger partial charge in [0.1, 0.15) is 17.1 Å². The first-order valence-corrected chi connectivity index (χ1v) is 11.2. The maximum Gasteiger partial charge on any atom is 0.247 e. The van der Waals surface area contributed by atoms with Gasteiger partial charge in [0.05, 0.1) is 18.8 Å². The van der Waals surface area contributed by atoms with Gasteiger partial charge in [-0.05, 0) is 65.5 Å². The molecule has 0 radical (unpaired) electrons. The predicted molar refractivity (Wildman–Crippen MR) is 119 cm³/mol. The van der Waals surface area contributed by atoms with Crippen molar-refractivity contribution in [2.75, 3.05) is 19.7 Å². The van der Waals surface area contributed by atoms with Crippen LogP contribution in [0.25, 0.3) is 16.5 Å². The summed E-state index contributed by atoms with van der Waals surface area (Å²) in [6, 6.07) is 2.17. The second-order valence-electron chi connectivity index (χ2n) is 8.73. The molecule has 5 nitrogen and oxygen atoms in total. The van der Waals surface area contributed by atoms with Crippen LogP contribution in [0, 0.1) is 6.92 Å². The zero-order valence-electron chi connectivity index (χ0n) is 18.8. The molecule has 2 atom stereocenters. The lowest BCUT2D eigenvalue weighted by atomic mass is 9.93. The van der Waals surface area contributed by atoms with E-state index in [0.717, 1.165) is 46.6 Å². The summed E-state index contributed by atoms with van der Waals surface area (Å²) in [5.74, 6) is 1.97. The van der Waals surface area contributed by atoms with Crippen LogP contribution >= 0.6 is 0 Å². The molecule has 162 valence electrons. The van der Waals surface area contributed by atoms with Gasteiger partial charge in [-0.15, -0.1) is 0 Å². The van der Waals surface area contributed by atoms with Gasteiger partial charge >= 0.3 is 0 Å². The molecule has 1 aliphatic heterocycles. The van der Waals surface area contributed by atoms with Crippen LogP contribution in [0.4, 0.5) is 0 Å². The van der Waals surface area contributed by atoms with E-state index in [1.165, 1.54) is 23.8 Å². The van der Waals surface area contributed by atoms with E-state index in [0.29, 0.717) is 19.7 Å². The van der Waals surface area contributed by atoms with Crippen LogP contribution in [0.5, 0.6) is 5.75 Å². The van der Waals surface area contributed by atoms with Gasteiger partial charge in [-0.3, -0.25) is 4.79 Å². The Morgan fingerprint density at radius 2 is 1.93 bits per heavy atom. The van der Waals surface area contributed by atoms with Crippen molar-refractivity contribution < 1.29 is 18.7 Å². The van der Waals surface area contributed by atoms with Crippen molar-refractivity contribution in [1.29, 1.82) is 0 Å². The monoisotopic (exact) mass is 411 g/mol. The molecule has 0 N–H and O–H groups in total. The van der Waals surface area contributed by atoms with E-state index in [1.54, 1.807) is 6.08 Å². The molecule has 1 aromatic carbocycles. The lowest BCUT2D eigenvalue weighted by molar-refractivity contribution is -0.137. The molecular weight excluding hydrogens is 378 g/mol. The van der Waals surface area contributed by atoms with E-state index in [1.807, 2.05) is 32.6 Å². The van der Waals surface area contributed by atoms with E-state index in [2.05, 4.69) is 13.0 Å². The zero-order valence-corrected chi connectivity index (χ0v) is 18.8. The number of hydrogen-bond acceptors (Lipinski definition) is 4. The second-order valence-corrected chi connectivity index (χ2v) is 8.73. The highest BCUT2D eigenvalue weighted by Crippen LogP contribution is 2.41. The van der Waals surface area contributed by atoms with Gasteiger partial charge in [-0.25, -0.2) is 0 Å². The molecule has 2 unspecified atom stereocenters. The Balaban J connectivity index is 1.75. The zero-order chi connectivity index (χ0) is 21.4. The summed E-state index contributed by atoms with van der Waals surface area (Å²) in [6.07, 6.45) is 6.30. The van der Waals surface area contributed by atoms with Crippen molar-refractivity contribution in [3.8, 4) is 5.75 Å². The largest absolute Gasteiger partial charge is 0.493 e. The van der Waals surface area contributed by atoms with Crippen molar-refractivity contribution >= 4 is 22.4 Å². The van der Waals surface area contributed by atoms with Gasteiger partial charge in [-0.2, -0.15) is 0 Å². The number of allylic oxidation sites excluding steroid dienone is 1. The van der Waals surface area contributed by atoms with Crippen LogP contribution in [-0.2, 0) is 22.4 Å². The normalized spacial score (nSPS) is 22.3. The number of rotatable bonds is 4. The van der Waals surface area contributed by atoms with Crippen LogP contribution in [-0.4, -0.2) is 42.7 Å². The molecule has 1 aliphatic carbocycles. The lowest BCUT2D eigenvalue weighted by Crippen LogP contribution is -2.47. The Morgan fingerprint density at radius 1 is 1.23 bits per heavy atom. The number of fused-ring (bicyclic) bond motifs is 3. The molecule has 2 aromatic rings. The van der Waals surface area contributed by atoms with Crippen molar-refractivity contribution in [3.05, 3.63) is 34.6 Å². The summed E-state index contributed by atoms with van der Waals surface area (Å²) in [5.41, 5.74) is 5.19. The molecular formula is C25H33NO4. The minimum absolute atomic E-state index is 0.0314. The maximum atomic E-state index is 13.0. The molecule has 5 heteroatoms. The predicted octanol–water partition coefficient (Wildman–Crippen LogP) is 5.06. The molecule has 0 spiro atoms. The molecule has 0 bridgehead atoms. The molecule has 1 fully saturated rings. The van der Waals surface area contributed by atoms with Gasteiger partial charge in [-0.1, -0.05) is 0 Å². The Labute approximate surface area is 179 Å². The van der Waals surface area contributed by atoms with E-state index in [9.17, 15) is 4.79 Å². The highest BCUT2D eigenvalue weighted by molar-refractivity contribution is 5.98. The third kappa shape index (κ3) is 3.87. The summed E-state index contributed by atoms with van der Waals surface area (Å²) in [7, 11) is 0. The molecule has 1 saturated heterocycles. The fourth-order valence-corrected chi connectivity index (χ4v) is 4.87. The van der Waals surface area contributed by atoms with Crippen molar-refractivity contribution in [2.24, 2.45) is 0 Å². The number of nitrogens with zero attached hydrogens (tertiary/aromatic N) is 1. The van der Waals surface area contributed by atoms with Crippen LogP contribution < -0.4 is 4.74 Å². The average molecular weight is 412 g/mol. The molecule has 1 amide bonds. The van der Waals surface area contributed by atoms with Gasteiger partial charge in [0, 0.05) is 47.7 Å². The first-order valence-electron chi connectivity index (χ1n) is 11.2. The van der Waals surface area contributed by atoms with E-state index >= 15 is 0 Å². The number of ether oxygens (including phenoxy) is 2. The van der Waals surface area contributed by atoms with E-state index in [-0.39, 0.29) is 18.1 Å². The highest BCUT2D eigenvalue weighted by Gasteiger charge is 2.26. The van der Waals surface area contributed by atoms with Crippen LogP contribution in [0.15, 0.2) is 16.6 Å². The Morgan fingerprint density at radius 3 is 2.63 bits per heavy atom. The number of furan rings is 1. The maximum absolute atomic E-state index is 13.0. The molecule has 2 aliphatic rings. The first-order chi connectivity index (χ1) is 14.4. The topological polar surface area (TPSA) is 51.9 Å². The molecule has 0 saturated carbocycles. The smallest absolute Gasteiger partial charge is 0.247 e.